The lowest BCUT2D eigenvalue weighted by molar-refractivity contribution is 0.335. The molecule has 0 aliphatic heterocycles. The van der Waals surface area contributed by atoms with Crippen LogP contribution in [0.3, 0.4) is 0 Å². The molecule has 4 heteroatoms. The van der Waals surface area contributed by atoms with Gasteiger partial charge in [-0.05, 0) is 36.9 Å². The molecule has 0 amide bonds. The number of nitrogens with one attached hydrogen (secondary N) is 1. The molecule has 0 spiro atoms. The molecule has 2 unspecified atom stereocenters. The van der Waals surface area contributed by atoms with E-state index in [1.165, 1.54) is 25.7 Å². The summed E-state index contributed by atoms with van der Waals surface area (Å²) in [6.07, 6.45) is 7.02. The average molecular weight is 296 g/mol. The molecule has 0 bridgehead atoms. The van der Waals surface area contributed by atoms with Gasteiger partial charge >= 0.3 is 0 Å². The van der Waals surface area contributed by atoms with E-state index < -0.39 is 0 Å². The molecule has 1 heterocycles. The van der Waals surface area contributed by atoms with E-state index in [0.29, 0.717) is 6.04 Å². The Balaban J connectivity index is 2.10. The van der Waals surface area contributed by atoms with Gasteiger partial charge in [0.15, 0.2) is 0 Å². The van der Waals surface area contributed by atoms with E-state index in [-0.39, 0.29) is 0 Å². The Labute approximate surface area is 127 Å². The maximum absolute atomic E-state index is 6.22. The minimum atomic E-state index is 0.611. The molecule has 112 valence electrons. The van der Waals surface area contributed by atoms with Gasteiger partial charge in [0.25, 0.3) is 0 Å². The number of rotatable bonds is 5. The van der Waals surface area contributed by atoms with E-state index in [1.54, 1.807) is 6.20 Å². The monoisotopic (exact) mass is 295 g/mol. The maximum Gasteiger partial charge on any atom is 0.128 e. The van der Waals surface area contributed by atoms with E-state index in [9.17, 15) is 0 Å². The third-order valence-corrected chi connectivity index (χ3v) is 4.64. The van der Waals surface area contributed by atoms with Crippen LogP contribution in [-0.2, 0) is 6.54 Å². The zero-order valence-electron chi connectivity index (χ0n) is 12.8. The molecule has 20 heavy (non-hydrogen) atoms. The first kappa shape index (κ1) is 15.6. The van der Waals surface area contributed by atoms with Gasteiger partial charge in [-0.25, -0.2) is 4.98 Å². The summed E-state index contributed by atoms with van der Waals surface area (Å²) in [4.78, 5) is 6.85. The van der Waals surface area contributed by atoms with Crippen molar-refractivity contribution in [3.05, 3.63) is 22.8 Å². The van der Waals surface area contributed by atoms with Crippen molar-refractivity contribution >= 4 is 17.4 Å². The van der Waals surface area contributed by atoms with E-state index in [4.69, 9.17) is 11.6 Å². The van der Waals surface area contributed by atoms with Crippen LogP contribution in [0.25, 0.3) is 0 Å². The molecule has 0 aromatic carbocycles. The van der Waals surface area contributed by atoms with Gasteiger partial charge in [0.1, 0.15) is 5.82 Å². The van der Waals surface area contributed by atoms with E-state index in [1.807, 2.05) is 0 Å². The summed E-state index contributed by atoms with van der Waals surface area (Å²) in [5.41, 5.74) is 1.13. The van der Waals surface area contributed by atoms with Crippen molar-refractivity contribution in [1.82, 2.24) is 10.3 Å². The van der Waals surface area contributed by atoms with Crippen molar-refractivity contribution in [3.63, 3.8) is 0 Å². The van der Waals surface area contributed by atoms with Gasteiger partial charge in [-0.1, -0.05) is 38.3 Å². The van der Waals surface area contributed by atoms with E-state index >= 15 is 0 Å². The second-order valence-electron chi connectivity index (χ2n) is 5.95. The fourth-order valence-corrected chi connectivity index (χ4v) is 3.17. The van der Waals surface area contributed by atoms with Crippen molar-refractivity contribution in [2.75, 3.05) is 18.5 Å². The Morgan fingerprint density at radius 2 is 2.25 bits per heavy atom. The van der Waals surface area contributed by atoms with E-state index in [0.717, 1.165) is 35.4 Å². The van der Waals surface area contributed by atoms with Crippen LogP contribution in [0.15, 0.2) is 12.3 Å². The molecule has 1 aliphatic rings. The number of pyridine rings is 1. The summed E-state index contributed by atoms with van der Waals surface area (Å²) in [7, 11) is 2.16. The highest BCUT2D eigenvalue weighted by Crippen LogP contribution is 2.30. The summed E-state index contributed by atoms with van der Waals surface area (Å²) < 4.78 is 0. The van der Waals surface area contributed by atoms with Crippen LogP contribution in [0.1, 0.15) is 45.1 Å². The second kappa shape index (κ2) is 7.28. The van der Waals surface area contributed by atoms with Crippen molar-refractivity contribution < 1.29 is 0 Å². The summed E-state index contributed by atoms with van der Waals surface area (Å²) in [6, 6.07) is 2.74. The van der Waals surface area contributed by atoms with Crippen LogP contribution in [0.5, 0.6) is 0 Å². The number of aromatic nitrogens is 1. The Kier molecular flexibility index (Phi) is 5.67. The minimum Gasteiger partial charge on any atom is -0.357 e. The predicted molar refractivity (Wildman–Crippen MR) is 86.5 cm³/mol. The zero-order valence-corrected chi connectivity index (χ0v) is 13.6. The van der Waals surface area contributed by atoms with Crippen molar-refractivity contribution in [2.45, 2.75) is 52.1 Å². The lowest BCUT2D eigenvalue weighted by Crippen LogP contribution is -2.36. The van der Waals surface area contributed by atoms with Crippen LogP contribution >= 0.6 is 11.6 Å². The van der Waals surface area contributed by atoms with Crippen LogP contribution in [0.2, 0.25) is 5.02 Å². The van der Waals surface area contributed by atoms with Crippen LogP contribution in [0, 0.1) is 5.92 Å². The molecule has 3 nitrogen and oxygen atoms in total. The third-order valence-electron chi connectivity index (χ3n) is 4.30. The lowest BCUT2D eigenvalue weighted by Gasteiger charge is -2.35. The van der Waals surface area contributed by atoms with Gasteiger partial charge in [0, 0.05) is 25.8 Å². The van der Waals surface area contributed by atoms with E-state index in [2.05, 4.69) is 42.2 Å². The fraction of sp³-hybridized carbons (Fsp3) is 0.688. The first-order chi connectivity index (χ1) is 9.61. The average Bonchev–Trinajstić information content (AvgIpc) is 2.45. The second-order valence-corrected chi connectivity index (χ2v) is 6.36. The molecular weight excluding hydrogens is 270 g/mol. The highest BCUT2D eigenvalue weighted by molar-refractivity contribution is 6.31. The van der Waals surface area contributed by atoms with Gasteiger partial charge in [-0.15, -0.1) is 0 Å². The largest absolute Gasteiger partial charge is 0.357 e. The Morgan fingerprint density at radius 3 is 2.95 bits per heavy atom. The minimum absolute atomic E-state index is 0.611. The lowest BCUT2D eigenvalue weighted by atomic mass is 9.86. The topological polar surface area (TPSA) is 28.2 Å². The Hall–Kier alpha value is -0.800. The highest BCUT2D eigenvalue weighted by Gasteiger charge is 2.23. The summed E-state index contributed by atoms with van der Waals surface area (Å²) in [5, 5.41) is 4.08. The first-order valence-corrected chi connectivity index (χ1v) is 8.07. The number of halogens is 1. The maximum atomic E-state index is 6.22. The van der Waals surface area contributed by atoms with Gasteiger partial charge in [0.2, 0.25) is 0 Å². The highest BCUT2D eigenvalue weighted by atomic mass is 35.5. The smallest absolute Gasteiger partial charge is 0.128 e. The molecule has 1 fully saturated rings. The fourth-order valence-electron chi connectivity index (χ4n) is 3.00. The molecule has 1 aromatic rings. The molecular formula is C16H26ClN3. The van der Waals surface area contributed by atoms with Crippen LogP contribution in [-0.4, -0.2) is 24.6 Å². The van der Waals surface area contributed by atoms with Gasteiger partial charge < -0.3 is 10.2 Å². The van der Waals surface area contributed by atoms with Crippen LogP contribution < -0.4 is 10.2 Å². The standard InChI is InChI=1S/C16H26ClN3/c1-4-18-10-13-9-16(19-11-15(13)17)20(3)14-7-5-6-12(2)8-14/h9,11-12,14,18H,4-8,10H2,1-3H3. The first-order valence-electron chi connectivity index (χ1n) is 7.69. The molecule has 1 aliphatic carbocycles. The molecule has 0 saturated heterocycles. The zero-order chi connectivity index (χ0) is 14.5. The molecule has 1 aromatic heterocycles. The van der Waals surface area contributed by atoms with Gasteiger partial charge in [-0.2, -0.15) is 0 Å². The van der Waals surface area contributed by atoms with Crippen molar-refractivity contribution in [1.29, 1.82) is 0 Å². The molecule has 2 rings (SSSR count). The quantitative estimate of drug-likeness (QED) is 0.894. The van der Waals surface area contributed by atoms with Gasteiger partial charge in [-0.3, -0.25) is 0 Å². The normalized spacial score (nSPS) is 22.8. The summed E-state index contributed by atoms with van der Waals surface area (Å²) >= 11 is 6.22. The molecule has 0 radical (unpaired) electrons. The van der Waals surface area contributed by atoms with Crippen molar-refractivity contribution in [3.8, 4) is 0 Å². The molecule has 1 N–H and O–H groups in total. The Morgan fingerprint density at radius 1 is 1.45 bits per heavy atom. The predicted octanol–water partition coefficient (Wildman–Crippen LogP) is 3.86. The number of nitrogens with zero attached hydrogens (tertiary/aromatic N) is 2. The number of hydrogen-bond acceptors (Lipinski definition) is 3. The van der Waals surface area contributed by atoms with Crippen molar-refractivity contribution in [2.24, 2.45) is 5.92 Å². The molecule has 2 atom stereocenters. The van der Waals surface area contributed by atoms with Gasteiger partial charge in [0.05, 0.1) is 5.02 Å². The number of hydrogen-bond donors (Lipinski definition) is 1. The number of anilines is 1. The Bertz CT molecular complexity index is 436. The summed E-state index contributed by atoms with van der Waals surface area (Å²) in [5.74, 6) is 1.87. The van der Waals surface area contributed by atoms with Crippen LogP contribution in [0.4, 0.5) is 5.82 Å². The molecule has 1 saturated carbocycles. The summed E-state index contributed by atoms with van der Waals surface area (Å²) in [6.45, 7) is 6.21. The SMILES string of the molecule is CCNCc1cc(N(C)C2CCCC(C)C2)ncc1Cl. The third kappa shape index (κ3) is 3.86.